The summed E-state index contributed by atoms with van der Waals surface area (Å²) in [5, 5.41) is 21.0. The topological polar surface area (TPSA) is 66.8 Å². The van der Waals surface area contributed by atoms with Gasteiger partial charge in [-0.1, -0.05) is 48.6 Å². The molecule has 3 rings (SSSR count). The van der Waals surface area contributed by atoms with Crippen LogP contribution >= 0.6 is 0 Å². The highest BCUT2D eigenvalue weighted by molar-refractivity contribution is 5.69. The molecule has 0 heterocycles. The first kappa shape index (κ1) is 24.7. The number of fused-ring (bicyclic) bond motifs is 1. The molecule has 5 heteroatoms. The summed E-state index contributed by atoms with van der Waals surface area (Å²) in [6.07, 6.45) is 9.24. The van der Waals surface area contributed by atoms with E-state index in [0.717, 1.165) is 19.3 Å². The Morgan fingerprint density at radius 3 is 2.56 bits per heavy atom. The van der Waals surface area contributed by atoms with Gasteiger partial charge in [0.05, 0.1) is 18.3 Å². The first-order valence-corrected chi connectivity index (χ1v) is 11.9. The van der Waals surface area contributed by atoms with Crippen molar-refractivity contribution < 1.29 is 24.1 Å². The lowest BCUT2D eigenvalue weighted by Gasteiger charge is -2.20. The first-order valence-electron chi connectivity index (χ1n) is 11.9. The van der Waals surface area contributed by atoms with E-state index in [1.807, 2.05) is 38.1 Å². The van der Waals surface area contributed by atoms with Gasteiger partial charge in [-0.2, -0.15) is 0 Å². The highest BCUT2D eigenvalue weighted by atomic mass is 19.1. The lowest BCUT2D eigenvalue weighted by atomic mass is 9.89. The minimum Gasteiger partial charge on any atom is -0.463 e. The maximum absolute atomic E-state index is 14.6. The van der Waals surface area contributed by atoms with Crippen LogP contribution in [-0.4, -0.2) is 40.7 Å². The molecule has 0 unspecified atom stereocenters. The molecule has 0 aromatic heterocycles. The number of allylic oxidation sites excluding steroid dienone is 3. The molecule has 0 aliphatic heterocycles. The Morgan fingerprint density at radius 1 is 1.22 bits per heavy atom. The van der Waals surface area contributed by atoms with Crippen LogP contribution in [0.4, 0.5) is 4.39 Å². The minimum absolute atomic E-state index is 0.0944. The summed E-state index contributed by atoms with van der Waals surface area (Å²) in [6.45, 7) is 3.67. The lowest BCUT2D eigenvalue weighted by molar-refractivity contribution is -0.147. The number of hydrogen-bond donors (Lipinski definition) is 2. The fraction of sp³-hybridized carbons (Fsp3) is 0.593. The van der Waals surface area contributed by atoms with Crippen LogP contribution in [0.5, 0.6) is 0 Å². The number of rotatable bonds is 10. The van der Waals surface area contributed by atoms with E-state index in [0.29, 0.717) is 19.3 Å². The Kier molecular flexibility index (Phi) is 9.06. The maximum Gasteiger partial charge on any atom is 0.306 e. The van der Waals surface area contributed by atoms with E-state index < -0.39 is 24.3 Å². The number of benzene rings is 1. The van der Waals surface area contributed by atoms with Crippen molar-refractivity contribution in [1.82, 2.24) is 0 Å². The molecule has 0 saturated heterocycles. The fourth-order valence-corrected chi connectivity index (χ4v) is 4.96. The van der Waals surface area contributed by atoms with E-state index in [9.17, 15) is 19.4 Å². The summed E-state index contributed by atoms with van der Waals surface area (Å²) in [6, 6.07) is 8.25. The molecule has 1 saturated carbocycles. The number of unbranched alkanes of at least 4 members (excludes halogenated alkanes) is 1. The van der Waals surface area contributed by atoms with E-state index in [2.05, 4.69) is 12.1 Å². The van der Waals surface area contributed by atoms with Crippen LogP contribution in [0.1, 0.15) is 57.1 Å². The predicted octanol–water partition coefficient (Wildman–Crippen LogP) is 4.72. The standard InChI is InChI=1S/C27H37FO4/c1-18(2)32-27(31)12-6-4-3-5-11-23-22(24(28)17-26(23)30)13-14-25(29)21-15-19-9-7-8-10-20(19)16-21/h3,5,7-10,13-14,18,21-26,29-30H,4,6,11-12,15-17H2,1-2H3/b5-3-,14-13+/t22-,23+,24+,25+,26-/m1/s1. The van der Waals surface area contributed by atoms with Gasteiger partial charge in [0.1, 0.15) is 6.17 Å². The first-order chi connectivity index (χ1) is 15.3. The molecule has 4 nitrogen and oxygen atoms in total. The Labute approximate surface area is 191 Å². The van der Waals surface area contributed by atoms with Crippen molar-refractivity contribution >= 4 is 5.97 Å². The molecule has 0 spiro atoms. The van der Waals surface area contributed by atoms with Gasteiger partial charge in [0.2, 0.25) is 0 Å². The van der Waals surface area contributed by atoms with Gasteiger partial charge < -0.3 is 14.9 Å². The summed E-state index contributed by atoms with van der Waals surface area (Å²) in [7, 11) is 0. The van der Waals surface area contributed by atoms with Crippen LogP contribution < -0.4 is 0 Å². The van der Waals surface area contributed by atoms with Crippen LogP contribution in [0.25, 0.3) is 0 Å². The van der Waals surface area contributed by atoms with Crippen LogP contribution in [-0.2, 0) is 22.4 Å². The van der Waals surface area contributed by atoms with Crippen molar-refractivity contribution in [1.29, 1.82) is 0 Å². The number of ether oxygens (including phenoxy) is 1. The predicted molar refractivity (Wildman–Crippen MR) is 124 cm³/mol. The van der Waals surface area contributed by atoms with Crippen LogP contribution in [0.15, 0.2) is 48.6 Å². The molecular weight excluding hydrogens is 407 g/mol. The van der Waals surface area contributed by atoms with Crippen LogP contribution in [0.2, 0.25) is 0 Å². The summed E-state index contributed by atoms with van der Waals surface area (Å²) in [4.78, 5) is 11.6. The molecule has 2 N–H and O–H groups in total. The van der Waals surface area contributed by atoms with E-state index in [1.165, 1.54) is 11.1 Å². The molecule has 1 fully saturated rings. The highest BCUT2D eigenvalue weighted by Gasteiger charge is 2.40. The van der Waals surface area contributed by atoms with Crippen molar-refractivity contribution in [3.63, 3.8) is 0 Å². The normalized spacial score (nSPS) is 26.9. The SMILES string of the molecule is CC(C)OC(=O)CCC/C=C\C[C@H]1[C@@H](/C=C/[C@H](O)C2Cc3ccccc3C2)[C@@H](F)C[C@H]1O. The van der Waals surface area contributed by atoms with Crippen molar-refractivity contribution in [3.8, 4) is 0 Å². The molecule has 2 aliphatic rings. The summed E-state index contributed by atoms with van der Waals surface area (Å²) >= 11 is 0. The molecular formula is C27H37FO4. The number of carbonyl (C=O) groups is 1. The van der Waals surface area contributed by atoms with Gasteiger partial charge in [0.25, 0.3) is 0 Å². The smallest absolute Gasteiger partial charge is 0.306 e. The van der Waals surface area contributed by atoms with E-state index >= 15 is 0 Å². The lowest BCUT2D eigenvalue weighted by Crippen LogP contribution is -2.21. The molecule has 176 valence electrons. The van der Waals surface area contributed by atoms with Crippen molar-refractivity contribution in [3.05, 3.63) is 59.7 Å². The number of esters is 1. The number of aliphatic hydroxyl groups is 2. The van der Waals surface area contributed by atoms with E-state index in [4.69, 9.17) is 4.74 Å². The molecule has 0 amide bonds. The Bertz CT molecular complexity index is 778. The molecule has 32 heavy (non-hydrogen) atoms. The van der Waals surface area contributed by atoms with Crippen molar-refractivity contribution in [2.45, 2.75) is 83.3 Å². The van der Waals surface area contributed by atoms with Gasteiger partial charge >= 0.3 is 5.97 Å². The fourth-order valence-electron chi connectivity index (χ4n) is 4.96. The van der Waals surface area contributed by atoms with Crippen LogP contribution in [0.3, 0.4) is 0 Å². The second-order valence-electron chi connectivity index (χ2n) is 9.51. The number of carbonyl (C=O) groups excluding carboxylic acids is 1. The van der Waals surface area contributed by atoms with Gasteiger partial charge in [-0.25, -0.2) is 4.39 Å². The Balaban J connectivity index is 1.47. The van der Waals surface area contributed by atoms with Gasteiger partial charge in [0.15, 0.2) is 0 Å². The summed E-state index contributed by atoms with van der Waals surface area (Å²) < 4.78 is 19.7. The monoisotopic (exact) mass is 444 g/mol. The number of aliphatic hydroxyl groups excluding tert-OH is 2. The quantitative estimate of drug-likeness (QED) is 0.311. The van der Waals surface area contributed by atoms with Gasteiger partial charge in [0, 0.05) is 18.8 Å². The molecule has 2 aliphatic carbocycles. The average Bonchev–Trinajstić information content (AvgIpc) is 3.29. The maximum atomic E-state index is 14.6. The zero-order valence-electron chi connectivity index (χ0n) is 19.2. The van der Waals surface area contributed by atoms with Crippen LogP contribution in [0, 0.1) is 17.8 Å². The minimum atomic E-state index is -1.10. The summed E-state index contributed by atoms with van der Waals surface area (Å²) in [5.74, 6) is -0.659. The van der Waals surface area contributed by atoms with Gasteiger partial charge in [-0.05, 0) is 68.9 Å². The third-order valence-electron chi connectivity index (χ3n) is 6.66. The third-order valence-corrected chi connectivity index (χ3v) is 6.66. The zero-order valence-corrected chi connectivity index (χ0v) is 19.2. The molecule has 0 radical (unpaired) electrons. The second kappa shape index (κ2) is 11.8. The zero-order chi connectivity index (χ0) is 23.1. The Morgan fingerprint density at radius 2 is 1.91 bits per heavy atom. The largest absolute Gasteiger partial charge is 0.463 e. The van der Waals surface area contributed by atoms with E-state index in [1.54, 1.807) is 12.2 Å². The molecule has 0 bridgehead atoms. The number of alkyl halides is 1. The highest BCUT2D eigenvalue weighted by Crippen LogP contribution is 2.38. The molecule has 5 atom stereocenters. The van der Waals surface area contributed by atoms with Crippen molar-refractivity contribution in [2.24, 2.45) is 17.8 Å². The van der Waals surface area contributed by atoms with E-state index in [-0.39, 0.29) is 30.3 Å². The summed E-state index contributed by atoms with van der Waals surface area (Å²) in [5.41, 5.74) is 2.56. The van der Waals surface area contributed by atoms with Crippen molar-refractivity contribution in [2.75, 3.05) is 0 Å². The third kappa shape index (κ3) is 6.76. The Hall–Kier alpha value is -1.98. The van der Waals surface area contributed by atoms with Gasteiger partial charge in [-0.15, -0.1) is 0 Å². The van der Waals surface area contributed by atoms with Gasteiger partial charge in [-0.3, -0.25) is 4.79 Å². The average molecular weight is 445 g/mol. The number of hydrogen-bond acceptors (Lipinski definition) is 4. The second-order valence-corrected chi connectivity index (χ2v) is 9.51. The molecule has 1 aromatic carbocycles. The number of halogens is 1. The molecule has 1 aromatic rings.